The molecule has 0 spiro atoms. The van der Waals surface area contributed by atoms with Gasteiger partial charge in [0.25, 0.3) is 0 Å². The van der Waals surface area contributed by atoms with Crippen molar-refractivity contribution in [3.05, 3.63) is 0 Å². The van der Waals surface area contributed by atoms with E-state index in [9.17, 15) is 0 Å². The third-order valence-corrected chi connectivity index (χ3v) is 3.79. The van der Waals surface area contributed by atoms with Crippen LogP contribution < -0.4 is 0 Å². The first-order chi connectivity index (χ1) is 5.61. The number of hydrogen-bond donors (Lipinski definition) is 0. The number of hydrogen-bond acceptors (Lipinski definition) is 1. The van der Waals surface area contributed by atoms with Gasteiger partial charge in [-0.1, -0.05) is 13.8 Å². The first kappa shape index (κ1) is 8.55. The second kappa shape index (κ2) is 2.73. The Hall–Kier alpha value is -0.0400. The van der Waals surface area contributed by atoms with E-state index in [1.807, 2.05) is 0 Å². The lowest BCUT2D eigenvalue weighted by Gasteiger charge is -2.24. The van der Waals surface area contributed by atoms with E-state index in [0.29, 0.717) is 0 Å². The van der Waals surface area contributed by atoms with E-state index in [2.05, 4.69) is 32.6 Å². The molecule has 1 aliphatic carbocycles. The van der Waals surface area contributed by atoms with E-state index in [-0.39, 0.29) is 0 Å². The van der Waals surface area contributed by atoms with Crippen molar-refractivity contribution in [2.45, 2.75) is 33.7 Å². The van der Waals surface area contributed by atoms with E-state index in [1.54, 1.807) is 0 Å². The van der Waals surface area contributed by atoms with Crippen LogP contribution in [0.15, 0.2) is 0 Å². The van der Waals surface area contributed by atoms with Gasteiger partial charge in [0.1, 0.15) is 0 Å². The summed E-state index contributed by atoms with van der Waals surface area (Å²) in [6.07, 6.45) is 0. The van der Waals surface area contributed by atoms with Crippen LogP contribution in [0.4, 0.5) is 0 Å². The zero-order chi connectivity index (χ0) is 8.88. The van der Waals surface area contributed by atoms with Crippen molar-refractivity contribution >= 4 is 0 Å². The van der Waals surface area contributed by atoms with Gasteiger partial charge in [-0.05, 0) is 37.5 Å². The Morgan fingerprint density at radius 3 is 1.83 bits per heavy atom. The molecule has 0 aromatic carbocycles. The van der Waals surface area contributed by atoms with E-state index in [1.165, 1.54) is 13.1 Å². The monoisotopic (exact) mass is 167 g/mol. The molecule has 0 bridgehead atoms. The Kier molecular flexibility index (Phi) is 1.95. The third kappa shape index (κ3) is 1.19. The average molecular weight is 167 g/mol. The first-order valence-corrected chi connectivity index (χ1v) is 5.35. The van der Waals surface area contributed by atoms with Crippen LogP contribution in [-0.2, 0) is 0 Å². The Morgan fingerprint density at radius 1 is 1.00 bits per heavy atom. The lowest BCUT2D eigenvalue weighted by atomic mass is 10.0. The molecule has 1 aliphatic heterocycles. The quantitative estimate of drug-likeness (QED) is 0.609. The molecular weight excluding hydrogens is 146 g/mol. The van der Waals surface area contributed by atoms with Gasteiger partial charge in [-0.25, -0.2) is 0 Å². The Morgan fingerprint density at radius 2 is 1.50 bits per heavy atom. The molecule has 70 valence electrons. The highest BCUT2D eigenvalue weighted by Crippen LogP contribution is 2.55. The summed E-state index contributed by atoms with van der Waals surface area (Å²) in [6, 6.07) is 0.769. The molecule has 0 unspecified atom stereocenters. The van der Waals surface area contributed by atoms with E-state index in [0.717, 1.165) is 29.7 Å². The molecule has 1 heteroatoms. The summed E-state index contributed by atoms with van der Waals surface area (Å²) in [5, 5.41) is 0. The summed E-state index contributed by atoms with van der Waals surface area (Å²) in [4.78, 5) is 2.63. The minimum absolute atomic E-state index is 0.769. The standard InChI is InChI=1S/C11H21N/c1-7(2)11-9-5-12(8(3)4)6-10(9)11/h7-11H,5-6H2,1-4H3/t9-,10+,11-. The third-order valence-electron chi connectivity index (χ3n) is 3.79. The predicted molar refractivity (Wildman–Crippen MR) is 52.0 cm³/mol. The van der Waals surface area contributed by atoms with Gasteiger partial charge in [0.2, 0.25) is 0 Å². The molecule has 12 heavy (non-hydrogen) atoms. The molecule has 0 aromatic rings. The number of fused-ring (bicyclic) bond motifs is 1. The molecule has 3 atom stereocenters. The van der Waals surface area contributed by atoms with Crippen LogP contribution in [0.3, 0.4) is 0 Å². The van der Waals surface area contributed by atoms with Gasteiger partial charge in [0.15, 0.2) is 0 Å². The highest BCUT2D eigenvalue weighted by molar-refractivity contribution is 5.06. The fraction of sp³-hybridized carbons (Fsp3) is 1.00. The van der Waals surface area contributed by atoms with E-state index >= 15 is 0 Å². The maximum atomic E-state index is 2.63. The Labute approximate surface area is 76.1 Å². The second-order valence-corrected chi connectivity index (χ2v) is 5.20. The molecule has 0 radical (unpaired) electrons. The van der Waals surface area contributed by atoms with Gasteiger partial charge in [-0.3, -0.25) is 0 Å². The summed E-state index contributed by atoms with van der Waals surface area (Å²) in [5.41, 5.74) is 0. The zero-order valence-corrected chi connectivity index (χ0v) is 8.75. The van der Waals surface area contributed by atoms with Gasteiger partial charge in [-0.15, -0.1) is 0 Å². The normalized spacial score (nSPS) is 41.0. The summed E-state index contributed by atoms with van der Waals surface area (Å²) < 4.78 is 0. The molecule has 2 rings (SSSR count). The van der Waals surface area contributed by atoms with Crippen LogP contribution in [0.5, 0.6) is 0 Å². The molecule has 0 aromatic heterocycles. The molecule has 1 saturated carbocycles. The minimum Gasteiger partial charge on any atom is -0.300 e. The molecular formula is C11H21N. The fourth-order valence-electron chi connectivity index (χ4n) is 3.02. The van der Waals surface area contributed by atoms with Gasteiger partial charge in [0.05, 0.1) is 0 Å². The predicted octanol–water partition coefficient (Wildman–Crippen LogP) is 2.23. The van der Waals surface area contributed by atoms with Gasteiger partial charge < -0.3 is 4.90 Å². The molecule has 1 nitrogen and oxygen atoms in total. The zero-order valence-electron chi connectivity index (χ0n) is 8.75. The highest BCUT2D eigenvalue weighted by atomic mass is 15.2. The van der Waals surface area contributed by atoms with Crippen molar-refractivity contribution in [1.29, 1.82) is 0 Å². The topological polar surface area (TPSA) is 3.24 Å². The minimum atomic E-state index is 0.769. The van der Waals surface area contributed by atoms with Crippen LogP contribution in [0.1, 0.15) is 27.7 Å². The largest absolute Gasteiger partial charge is 0.300 e. The SMILES string of the molecule is CC(C)[C@@H]1[C@@H]2CN(C(C)C)C[C@@H]21. The molecule has 2 aliphatic rings. The molecule has 2 fully saturated rings. The maximum absolute atomic E-state index is 2.63. The summed E-state index contributed by atoms with van der Waals surface area (Å²) in [5.74, 6) is 4.12. The Balaban J connectivity index is 1.86. The smallest absolute Gasteiger partial charge is 0.00388 e. The summed E-state index contributed by atoms with van der Waals surface area (Å²) >= 11 is 0. The molecule has 0 N–H and O–H groups in total. The van der Waals surface area contributed by atoms with Crippen molar-refractivity contribution in [3.8, 4) is 0 Å². The average Bonchev–Trinajstić information content (AvgIpc) is 2.48. The fourth-order valence-corrected chi connectivity index (χ4v) is 3.02. The van der Waals surface area contributed by atoms with Crippen molar-refractivity contribution < 1.29 is 0 Å². The first-order valence-electron chi connectivity index (χ1n) is 5.35. The summed E-state index contributed by atoms with van der Waals surface area (Å²) in [6.45, 7) is 12.1. The molecule has 1 saturated heterocycles. The van der Waals surface area contributed by atoms with Crippen molar-refractivity contribution in [2.75, 3.05) is 13.1 Å². The number of nitrogens with zero attached hydrogens (tertiary/aromatic N) is 1. The van der Waals surface area contributed by atoms with E-state index in [4.69, 9.17) is 0 Å². The number of rotatable bonds is 2. The lowest BCUT2D eigenvalue weighted by Crippen LogP contribution is -2.31. The van der Waals surface area contributed by atoms with Crippen molar-refractivity contribution in [2.24, 2.45) is 23.7 Å². The maximum Gasteiger partial charge on any atom is 0.00388 e. The van der Waals surface area contributed by atoms with Crippen molar-refractivity contribution in [1.82, 2.24) is 4.90 Å². The Bertz CT molecular complexity index is 156. The highest BCUT2D eigenvalue weighted by Gasteiger charge is 2.56. The lowest BCUT2D eigenvalue weighted by molar-refractivity contribution is 0.222. The molecule has 0 amide bonds. The molecule has 1 heterocycles. The van der Waals surface area contributed by atoms with Crippen LogP contribution in [-0.4, -0.2) is 24.0 Å². The number of piperidine rings is 1. The van der Waals surface area contributed by atoms with Gasteiger partial charge >= 0.3 is 0 Å². The van der Waals surface area contributed by atoms with Crippen LogP contribution >= 0.6 is 0 Å². The van der Waals surface area contributed by atoms with Gasteiger partial charge in [-0.2, -0.15) is 0 Å². The van der Waals surface area contributed by atoms with Gasteiger partial charge in [0, 0.05) is 19.1 Å². The summed E-state index contributed by atoms with van der Waals surface area (Å²) in [7, 11) is 0. The van der Waals surface area contributed by atoms with Crippen LogP contribution in [0, 0.1) is 23.7 Å². The second-order valence-electron chi connectivity index (χ2n) is 5.20. The number of likely N-dealkylation sites (tertiary alicyclic amines) is 1. The van der Waals surface area contributed by atoms with Crippen molar-refractivity contribution in [3.63, 3.8) is 0 Å². The van der Waals surface area contributed by atoms with Crippen LogP contribution in [0.2, 0.25) is 0 Å². The van der Waals surface area contributed by atoms with E-state index < -0.39 is 0 Å². The van der Waals surface area contributed by atoms with Crippen LogP contribution in [0.25, 0.3) is 0 Å².